The molecule has 0 spiro atoms. The smallest absolute Gasteiger partial charge is 0.271 e. The van der Waals surface area contributed by atoms with Gasteiger partial charge in [0.05, 0.1) is 13.2 Å². The highest BCUT2D eigenvalue weighted by Crippen LogP contribution is 2.27. The Bertz CT molecular complexity index is 704. The number of morpholine rings is 1. The van der Waals surface area contributed by atoms with Crippen molar-refractivity contribution >= 4 is 5.91 Å². The van der Waals surface area contributed by atoms with Crippen molar-refractivity contribution in [1.29, 1.82) is 0 Å². The van der Waals surface area contributed by atoms with E-state index in [9.17, 15) is 4.79 Å². The first-order valence-corrected chi connectivity index (χ1v) is 7.83. The van der Waals surface area contributed by atoms with Gasteiger partial charge in [0.1, 0.15) is 11.7 Å². The van der Waals surface area contributed by atoms with E-state index in [0.29, 0.717) is 37.2 Å². The number of nitrogens with zero attached hydrogens (tertiary/aromatic N) is 4. The molecular weight excluding hydrogens is 296 g/mol. The lowest BCUT2D eigenvalue weighted by molar-refractivity contribution is -0.0112. The van der Waals surface area contributed by atoms with Gasteiger partial charge >= 0.3 is 0 Å². The van der Waals surface area contributed by atoms with Gasteiger partial charge in [-0.2, -0.15) is 0 Å². The molecule has 3 heterocycles. The second kappa shape index (κ2) is 6.16. The van der Waals surface area contributed by atoms with Crippen LogP contribution in [0.15, 0.2) is 16.5 Å². The third kappa shape index (κ3) is 2.88. The molecule has 0 bridgehead atoms. The van der Waals surface area contributed by atoms with Gasteiger partial charge in [0.15, 0.2) is 0 Å². The minimum absolute atomic E-state index is 0.0433. The van der Waals surface area contributed by atoms with Crippen LogP contribution in [0, 0.1) is 6.92 Å². The number of aryl methyl sites for hydroxylation is 1. The largest absolute Gasteiger partial charge is 0.423 e. The van der Waals surface area contributed by atoms with Gasteiger partial charge in [-0.15, -0.1) is 10.2 Å². The third-order valence-electron chi connectivity index (χ3n) is 4.22. The zero-order valence-corrected chi connectivity index (χ0v) is 13.9. The van der Waals surface area contributed by atoms with Crippen molar-refractivity contribution in [1.82, 2.24) is 19.7 Å². The number of ether oxygens (including phenoxy) is 1. The zero-order chi connectivity index (χ0) is 16.6. The maximum absolute atomic E-state index is 12.9. The van der Waals surface area contributed by atoms with Gasteiger partial charge in [-0.1, -0.05) is 13.8 Å². The van der Waals surface area contributed by atoms with Crippen molar-refractivity contribution in [2.75, 3.05) is 19.8 Å². The first-order valence-electron chi connectivity index (χ1n) is 7.83. The minimum atomic E-state index is -0.341. The predicted octanol–water partition coefficient (Wildman–Crippen LogP) is 2.05. The maximum atomic E-state index is 12.9. The van der Waals surface area contributed by atoms with Crippen molar-refractivity contribution in [3.05, 3.63) is 35.3 Å². The molecular formula is C16H22N4O3. The fourth-order valence-corrected chi connectivity index (χ4v) is 2.64. The summed E-state index contributed by atoms with van der Waals surface area (Å²) in [6, 6.07) is 3.44. The van der Waals surface area contributed by atoms with Gasteiger partial charge in [-0.3, -0.25) is 4.79 Å². The Labute approximate surface area is 135 Å². The molecule has 1 atom stereocenters. The number of rotatable bonds is 3. The molecule has 7 nitrogen and oxygen atoms in total. The monoisotopic (exact) mass is 318 g/mol. The van der Waals surface area contributed by atoms with Gasteiger partial charge < -0.3 is 18.6 Å². The van der Waals surface area contributed by atoms with E-state index in [1.165, 1.54) is 0 Å². The van der Waals surface area contributed by atoms with Crippen LogP contribution in [0.1, 0.15) is 53.8 Å². The summed E-state index contributed by atoms with van der Waals surface area (Å²) in [6.45, 7) is 7.34. The van der Waals surface area contributed by atoms with Crippen molar-refractivity contribution in [2.24, 2.45) is 7.05 Å². The molecule has 2 aromatic rings. The van der Waals surface area contributed by atoms with Crippen molar-refractivity contribution in [3.63, 3.8) is 0 Å². The second-order valence-electron chi connectivity index (χ2n) is 6.14. The lowest BCUT2D eigenvalue weighted by Crippen LogP contribution is -2.44. The molecule has 0 aliphatic carbocycles. The predicted molar refractivity (Wildman–Crippen MR) is 83.1 cm³/mol. The number of hydrogen-bond donors (Lipinski definition) is 0. The summed E-state index contributed by atoms with van der Waals surface area (Å²) in [5.41, 5.74) is 1.69. The number of aromatic nitrogens is 3. The van der Waals surface area contributed by atoms with Gasteiger partial charge in [0, 0.05) is 25.2 Å². The summed E-state index contributed by atoms with van der Waals surface area (Å²) < 4.78 is 13.2. The number of carbonyl (C=O) groups excluding carboxylic acids is 1. The van der Waals surface area contributed by atoms with Crippen LogP contribution in [0.2, 0.25) is 0 Å². The SMILES string of the molecule is Cc1ccc(C(=O)N2CCOCC2c2nnc(C(C)C)o2)n1C. The molecule has 3 rings (SSSR count). The van der Waals surface area contributed by atoms with Crippen molar-refractivity contribution in [2.45, 2.75) is 32.7 Å². The van der Waals surface area contributed by atoms with Crippen LogP contribution >= 0.6 is 0 Å². The Morgan fingerprint density at radius 1 is 1.35 bits per heavy atom. The third-order valence-corrected chi connectivity index (χ3v) is 4.22. The summed E-state index contributed by atoms with van der Waals surface area (Å²) in [5.74, 6) is 1.12. The highest BCUT2D eigenvalue weighted by atomic mass is 16.5. The molecule has 1 saturated heterocycles. The minimum Gasteiger partial charge on any atom is -0.423 e. The van der Waals surface area contributed by atoms with E-state index < -0.39 is 0 Å². The fourth-order valence-electron chi connectivity index (χ4n) is 2.64. The Hall–Kier alpha value is -2.15. The summed E-state index contributed by atoms with van der Waals surface area (Å²) in [7, 11) is 1.89. The van der Waals surface area contributed by atoms with Crippen LogP contribution in [0.25, 0.3) is 0 Å². The first-order chi connectivity index (χ1) is 11.0. The molecule has 1 unspecified atom stereocenters. The molecule has 2 aromatic heterocycles. The summed E-state index contributed by atoms with van der Waals surface area (Å²) in [5, 5.41) is 8.18. The van der Waals surface area contributed by atoms with E-state index in [4.69, 9.17) is 9.15 Å². The van der Waals surface area contributed by atoms with Crippen LogP contribution < -0.4 is 0 Å². The Morgan fingerprint density at radius 3 is 2.74 bits per heavy atom. The number of carbonyl (C=O) groups is 1. The molecule has 0 N–H and O–H groups in total. The Kier molecular flexibility index (Phi) is 4.21. The standard InChI is InChI=1S/C16H22N4O3/c1-10(2)14-17-18-15(23-14)13-9-22-8-7-20(13)16(21)12-6-5-11(3)19(12)4/h5-6,10,13H,7-9H2,1-4H3. The molecule has 1 amide bonds. The molecule has 0 saturated carbocycles. The summed E-state index contributed by atoms with van der Waals surface area (Å²) in [4.78, 5) is 14.7. The van der Waals surface area contributed by atoms with Crippen LogP contribution in [0.5, 0.6) is 0 Å². The van der Waals surface area contributed by atoms with Crippen LogP contribution in [0.4, 0.5) is 0 Å². The average Bonchev–Trinajstić information content (AvgIpc) is 3.15. The zero-order valence-electron chi connectivity index (χ0n) is 13.9. The molecule has 1 aliphatic heterocycles. The molecule has 1 aliphatic rings. The maximum Gasteiger partial charge on any atom is 0.271 e. The lowest BCUT2D eigenvalue weighted by atomic mass is 10.2. The van der Waals surface area contributed by atoms with Gasteiger partial charge in [-0.25, -0.2) is 0 Å². The fraction of sp³-hybridized carbons (Fsp3) is 0.562. The molecule has 124 valence electrons. The van der Waals surface area contributed by atoms with E-state index in [1.54, 1.807) is 4.90 Å². The van der Waals surface area contributed by atoms with Gasteiger partial charge in [0.25, 0.3) is 5.91 Å². The average molecular weight is 318 g/mol. The molecule has 23 heavy (non-hydrogen) atoms. The normalized spacial score (nSPS) is 18.7. The quantitative estimate of drug-likeness (QED) is 0.866. The van der Waals surface area contributed by atoms with Crippen LogP contribution in [0.3, 0.4) is 0 Å². The van der Waals surface area contributed by atoms with Gasteiger partial charge in [0.2, 0.25) is 11.8 Å². The Balaban J connectivity index is 1.89. The highest BCUT2D eigenvalue weighted by Gasteiger charge is 2.34. The van der Waals surface area contributed by atoms with Crippen molar-refractivity contribution in [3.8, 4) is 0 Å². The molecule has 1 fully saturated rings. The molecule has 0 aromatic carbocycles. The summed E-state index contributed by atoms with van der Waals surface area (Å²) >= 11 is 0. The van der Waals surface area contributed by atoms with E-state index in [-0.39, 0.29) is 17.9 Å². The highest BCUT2D eigenvalue weighted by molar-refractivity contribution is 5.93. The topological polar surface area (TPSA) is 73.4 Å². The van der Waals surface area contributed by atoms with E-state index >= 15 is 0 Å². The Morgan fingerprint density at radius 2 is 2.13 bits per heavy atom. The lowest BCUT2D eigenvalue weighted by Gasteiger charge is -2.33. The van der Waals surface area contributed by atoms with Gasteiger partial charge in [-0.05, 0) is 19.1 Å². The van der Waals surface area contributed by atoms with Crippen molar-refractivity contribution < 1.29 is 13.9 Å². The van der Waals surface area contributed by atoms with E-state index in [1.807, 2.05) is 44.5 Å². The first kappa shape index (κ1) is 15.7. The van der Waals surface area contributed by atoms with Crippen LogP contribution in [-0.4, -0.2) is 45.3 Å². The van der Waals surface area contributed by atoms with E-state index in [0.717, 1.165) is 5.69 Å². The number of hydrogen-bond acceptors (Lipinski definition) is 5. The van der Waals surface area contributed by atoms with E-state index in [2.05, 4.69) is 10.2 Å². The summed E-state index contributed by atoms with van der Waals surface area (Å²) in [6.07, 6.45) is 0. The van der Waals surface area contributed by atoms with Crippen LogP contribution in [-0.2, 0) is 11.8 Å². The second-order valence-corrected chi connectivity index (χ2v) is 6.14. The number of amides is 1. The molecule has 0 radical (unpaired) electrons. The molecule has 7 heteroatoms.